The van der Waals surface area contributed by atoms with Crippen LogP contribution < -0.4 is 20.7 Å². The normalized spacial score (nSPS) is 17.4. The van der Waals surface area contributed by atoms with Gasteiger partial charge >= 0.3 is 0 Å². The third-order valence-electron chi connectivity index (χ3n) is 8.22. The zero-order valence-electron chi connectivity index (χ0n) is 25.8. The number of nitrogens with one attached hydrogen (secondary N) is 3. The van der Waals surface area contributed by atoms with E-state index in [0.717, 1.165) is 54.3 Å². The summed E-state index contributed by atoms with van der Waals surface area (Å²) < 4.78 is 10.8. The number of carbonyl (C=O) groups is 1. The fraction of sp³-hybridized carbons (Fsp3) is 0.222. The van der Waals surface area contributed by atoms with Crippen molar-refractivity contribution in [2.75, 3.05) is 25.0 Å². The van der Waals surface area contributed by atoms with Crippen LogP contribution >= 0.6 is 22.3 Å². The van der Waals surface area contributed by atoms with Crippen LogP contribution in [0.4, 0.5) is 11.5 Å². The summed E-state index contributed by atoms with van der Waals surface area (Å²) in [7, 11) is -0.183. The standard InChI is InChI=1S/C36H36ClN7O2S/c37-31-19-29(42-35-34-32(40-25-41-35)14-17-43(34)18-16-39-36(45)28-13-15-38-20-28)11-12-33(31)46-30-22-44(21-26-7-3-1-4-8-26)47(24-30)23-27-9-5-2-6-10-27/h1-12,14,17,19,22,24-25,28,38H,13,15-16,18,20-21,23H2,(H,39,45)(H,40,41,42). The van der Waals surface area contributed by atoms with Crippen molar-refractivity contribution in [3.05, 3.63) is 126 Å². The van der Waals surface area contributed by atoms with Crippen LogP contribution in [0.15, 0.2) is 109 Å². The lowest BCUT2D eigenvalue weighted by Crippen LogP contribution is -2.34. The van der Waals surface area contributed by atoms with Crippen molar-refractivity contribution in [3.63, 3.8) is 0 Å². The van der Waals surface area contributed by atoms with Gasteiger partial charge in [0.05, 0.1) is 29.2 Å². The number of allylic oxidation sites excluding steroid dienone is 1. The highest BCUT2D eigenvalue weighted by molar-refractivity contribution is 8.12. The number of halogens is 1. The molecule has 3 aromatic carbocycles. The third-order valence-corrected chi connectivity index (χ3v) is 10.5. The summed E-state index contributed by atoms with van der Waals surface area (Å²) in [5.41, 5.74) is 4.97. The first kappa shape index (κ1) is 31.0. The molecule has 2 aromatic heterocycles. The Labute approximate surface area is 281 Å². The average Bonchev–Trinajstić information content (AvgIpc) is 3.85. The third kappa shape index (κ3) is 7.51. The Morgan fingerprint density at radius 2 is 1.83 bits per heavy atom. The second-order valence-electron chi connectivity index (χ2n) is 11.6. The molecule has 2 aliphatic rings. The highest BCUT2D eigenvalue weighted by Gasteiger charge is 2.22. The van der Waals surface area contributed by atoms with Crippen LogP contribution in [-0.2, 0) is 23.6 Å². The number of nitrogens with zero attached hydrogens (tertiary/aromatic N) is 4. The molecule has 1 fully saturated rings. The molecule has 0 bridgehead atoms. The molecule has 0 aliphatic carbocycles. The van der Waals surface area contributed by atoms with Gasteiger partial charge in [0, 0.05) is 42.6 Å². The van der Waals surface area contributed by atoms with Gasteiger partial charge in [-0.2, -0.15) is 0 Å². The number of hydrogen-bond acceptors (Lipinski definition) is 7. The van der Waals surface area contributed by atoms with Crippen molar-refractivity contribution in [2.45, 2.75) is 25.3 Å². The maximum absolute atomic E-state index is 12.5. The van der Waals surface area contributed by atoms with Gasteiger partial charge in [-0.25, -0.2) is 9.97 Å². The molecule has 2 unspecified atom stereocenters. The number of rotatable bonds is 12. The van der Waals surface area contributed by atoms with Gasteiger partial charge in [-0.1, -0.05) is 82.9 Å². The maximum atomic E-state index is 12.5. The number of aromatic nitrogens is 3. The van der Waals surface area contributed by atoms with Crippen molar-refractivity contribution in [1.82, 2.24) is 29.5 Å². The van der Waals surface area contributed by atoms with Crippen molar-refractivity contribution in [1.29, 1.82) is 0 Å². The summed E-state index contributed by atoms with van der Waals surface area (Å²) in [4.78, 5) is 21.4. The summed E-state index contributed by atoms with van der Waals surface area (Å²) in [5, 5.41) is 12.4. The van der Waals surface area contributed by atoms with Crippen LogP contribution in [0.25, 0.3) is 11.0 Å². The first-order chi connectivity index (χ1) is 23.1. The van der Waals surface area contributed by atoms with E-state index < -0.39 is 0 Å². The Kier molecular flexibility index (Phi) is 9.50. The number of hydrogen-bond donors (Lipinski definition) is 3. The zero-order valence-corrected chi connectivity index (χ0v) is 27.4. The lowest BCUT2D eigenvalue weighted by molar-refractivity contribution is -0.124. The van der Waals surface area contributed by atoms with E-state index in [1.807, 2.05) is 42.6 Å². The molecule has 240 valence electrons. The van der Waals surface area contributed by atoms with E-state index in [2.05, 4.69) is 94.9 Å². The van der Waals surface area contributed by atoms with E-state index in [-0.39, 0.29) is 22.5 Å². The van der Waals surface area contributed by atoms with E-state index in [0.29, 0.717) is 29.7 Å². The molecule has 2 aliphatic heterocycles. The Balaban J connectivity index is 1.05. The first-order valence-corrected chi connectivity index (χ1v) is 17.5. The lowest BCUT2D eigenvalue weighted by Gasteiger charge is -2.21. The van der Waals surface area contributed by atoms with Crippen molar-refractivity contribution in [2.24, 2.45) is 5.92 Å². The van der Waals surface area contributed by atoms with Gasteiger partial charge in [0.25, 0.3) is 0 Å². The Morgan fingerprint density at radius 1 is 1.02 bits per heavy atom. The topological polar surface area (TPSA) is 96.3 Å². The van der Waals surface area contributed by atoms with E-state index >= 15 is 0 Å². The van der Waals surface area contributed by atoms with Crippen molar-refractivity contribution >= 4 is 56.1 Å². The fourth-order valence-corrected chi connectivity index (χ4v) is 7.88. The predicted octanol–water partition coefficient (Wildman–Crippen LogP) is 6.48. The van der Waals surface area contributed by atoms with Crippen LogP contribution in [0.3, 0.4) is 0 Å². The van der Waals surface area contributed by atoms with E-state index in [4.69, 9.17) is 16.3 Å². The largest absolute Gasteiger partial charge is 0.454 e. The van der Waals surface area contributed by atoms with Gasteiger partial charge in [0.2, 0.25) is 5.91 Å². The molecule has 11 heteroatoms. The summed E-state index contributed by atoms with van der Waals surface area (Å²) in [5.74, 6) is 3.04. The van der Waals surface area contributed by atoms with E-state index in [9.17, 15) is 4.79 Å². The molecule has 2 atom stereocenters. The minimum absolute atomic E-state index is 0.0425. The average molecular weight is 666 g/mol. The lowest BCUT2D eigenvalue weighted by atomic mass is 10.1. The summed E-state index contributed by atoms with van der Waals surface area (Å²) in [6.45, 7) is 3.54. The highest BCUT2D eigenvalue weighted by Crippen LogP contribution is 2.36. The molecule has 5 aromatic rings. The minimum atomic E-state index is -0.183. The van der Waals surface area contributed by atoms with Crippen molar-refractivity contribution < 1.29 is 9.53 Å². The minimum Gasteiger partial charge on any atom is -0.454 e. The van der Waals surface area contributed by atoms with Crippen molar-refractivity contribution in [3.8, 4) is 5.75 Å². The first-order valence-electron chi connectivity index (χ1n) is 15.7. The van der Waals surface area contributed by atoms with Gasteiger partial charge < -0.3 is 29.6 Å². The molecule has 4 heterocycles. The number of ether oxygens (including phenoxy) is 1. The Hall–Kier alpha value is -4.64. The molecule has 1 saturated heterocycles. The zero-order chi connectivity index (χ0) is 32.0. The van der Waals surface area contributed by atoms with Gasteiger partial charge in [0.15, 0.2) is 11.6 Å². The number of benzene rings is 3. The van der Waals surface area contributed by atoms with Crippen LogP contribution in [0.5, 0.6) is 5.75 Å². The maximum Gasteiger partial charge on any atom is 0.224 e. The summed E-state index contributed by atoms with van der Waals surface area (Å²) in [6.07, 6.45) is 6.47. The van der Waals surface area contributed by atoms with Gasteiger partial charge in [-0.3, -0.25) is 4.79 Å². The Bertz CT molecular complexity index is 1920. The van der Waals surface area contributed by atoms with Crippen LogP contribution in [0.2, 0.25) is 5.02 Å². The molecule has 0 saturated carbocycles. The number of fused-ring (bicyclic) bond motifs is 1. The summed E-state index contributed by atoms with van der Waals surface area (Å²) >= 11 is 6.79. The molecule has 47 heavy (non-hydrogen) atoms. The van der Waals surface area contributed by atoms with Crippen LogP contribution in [0, 0.1) is 5.92 Å². The van der Waals surface area contributed by atoms with E-state index in [1.54, 1.807) is 6.33 Å². The van der Waals surface area contributed by atoms with E-state index in [1.165, 1.54) is 11.1 Å². The molecular formula is C36H36ClN7O2S. The van der Waals surface area contributed by atoms with Gasteiger partial charge in [-0.15, -0.1) is 0 Å². The molecule has 1 amide bonds. The SMILES string of the molecule is O=C(NCCn1ccc2ncnc(Nc3ccc(OC4=CN(Cc5ccccc5)S(Cc5ccccc5)=C4)c(Cl)c3)c21)C1CCNC1. The number of carbonyl (C=O) groups excluding carboxylic acids is 1. The highest BCUT2D eigenvalue weighted by atomic mass is 35.5. The number of anilines is 2. The Morgan fingerprint density at radius 3 is 2.60 bits per heavy atom. The summed E-state index contributed by atoms with van der Waals surface area (Å²) in [6, 6.07) is 28.6. The predicted molar refractivity (Wildman–Crippen MR) is 191 cm³/mol. The molecule has 0 radical (unpaired) electrons. The van der Waals surface area contributed by atoms with Crippen LogP contribution in [0.1, 0.15) is 17.5 Å². The smallest absolute Gasteiger partial charge is 0.224 e. The molecule has 0 spiro atoms. The fourth-order valence-electron chi connectivity index (χ4n) is 5.81. The van der Waals surface area contributed by atoms with Gasteiger partial charge in [0.1, 0.15) is 17.6 Å². The number of amides is 1. The second kappa shape index (κ2) is 14.4. The van der Waals surface area contributed by atoms with Gasteiger partial charge in [-0.05, 0) is 48.4 Å². The molecule has 7 rings (SSSR count). The quantitative estimate of drug-likeness (QED) is 0.131. The second-order valence-corrected chi connectivity index (χ2v) is 13.8. The molecular weight excluding hydrogens is 630 g/mol. The van der Waals surface area contributed by atoms with Crippen LogP contribution in [-0.4, -0.2) is 49.7 Å². The monoisotopic (exact) mass is 665 g/mol. The molecule has 3 N–H and O–H groups in total. The molecule has 9 nitrogen and oxygen atoms in total.